The maximum absolute atomic E-state index is 11.6. The maximum atomic E-state index is 11.6. The highest BCUT2D eigenvalue weighted by Crippen LogP contribution is 2.28. The van der Waals surface area contributed by atoms with Crippen LogP contribution in [0, 0.1) is 0 Å². The highest BCUT2D eigenvalue weighted by molar-refractivity contribution is 5.87. The lowest BCUT2D eigenvalue weighted by molar-refractivity contribution is -0.0384. The molecule has 1 unspecified atom stereocenters. The number of rotatable bonds is 6. The Morgan fingerprint density at radius 1 is 1.21 bits per heavy atom. The number of esters is 1. The van der Waals surface area contributed by atoms with E-state index in [1.807, 2.05) is 22.9 Å². The summed E-state index contributed by atoms with van der Waals surface area (Å²) in [6.45, 7) is 1.05. The van der Waals surface area contributed by atoms with Crippen LogP contribution in [0.4, 0.5) is 0 Å². The first-order valence-corrected chi connectivity index (χ1v) is 9.52. The monoisotopic (exact) mass is 394 g/mol. The van der Waals surface area contributed by atoms with Gasteiger partial charge in [0.05, 0.1) is 24.7 Å². The Labute approximate surface area is 168 Å². The summed E-state index contributed by atoms with van der Waals surface area (Å²) >= 11 is 0. The first-order chi connectivity index (χ1) is 14.2. The van der Waals surface area contributed by atoms with Crippen LogP contribution in [0.2, 0.25) is 0 Å². The fourth-order valence-electron chi connectivity index (χ4n) is 3.23. The van der Waals surface area contributed by atoms with Crippen LogP contribution in [-0.2, 0) is 16.1 Å². The van der Waals surface area contributed by atoms with Crippen LogP contribution >= 0.6 is 0 Å². The van der Waals surface area contributed by atoms with Crippen molar-refractivity contribution >= 4 is 5.97 Å². The molecule has 0 saturated carbocycles. The average Bonchev–Trinajstić information content (AvgIpc) is 3.28. The van der Waals surface area contributed by atoms with Crippen molar-refractivity contribution in [3.63, 3.8) is 0 Å². The van der Waals surface area contributed by atoms with E-state index >= 15 is 0 Å². The Bertz CT molecular complexity index is 965. The van der Waals surface area contributed by atoms with Crippen molar-refractivity contribution in [2.75, 3.05) is 13.7 Å². The summed E-state index contributed by atoms with van der Waals surface area (Å²) in [6, 6.07) is 9.14. The molecule has 3 aromatic heterocycles. The van der Waals surface area contributed by atoms with Gasteiger partial charge in [0.2, 0.25) is 0 Å². The molecule has 1 aliphatic heterocycles. The molecule has 0 aromatic carbocycles. The number of carbonyl (C=O) groups excluding carboxylic acids is 1. The van der Waals surface area contributed by atoms with Crippen molar-refractivity contribution in [3.8, 4) is 17.1 Å². The lowest BCUT2D eigenvalue weighted by atomic mass is 10.2. The Hall–Kier alpha value is -3.26. The summed E-state index contributed by atoms with van der Waals surface area (Å²) < 4.78 is 18.2. The predicted octanol–water partition coefficient (Wildman–Crippen LogP) is 3.40. The van der Waals surface area contributed by atoms with E-state index in [0.717, 1.165) is 42.8 Å². The van der Waals surface area contributed by atoms with Crippen LogP contribution in [0.15, 0.2) is 48.9 Å². The average molecular weight is 394 g/mol. The van der Waals surface area contributed by atoms with E-state index < -0.39 is 5.97 Å². The quantitative estimate of drug-likeness (QED) is 0.592. The molecule has 0 spiro atoms. The third kappa shape index (κ3) is 4.43. The minimum absolute atomic E-state index is 0.0397. The van der Waals surface area contributed by atoms with Crippen LogP contribution < -0.4 is 4.74 Å². The van der Waals surface area contributed by atoms with Gasteiger partial charge in [0.1, 0.15) is 18.1 Å². The second-order valence-corrected chi connectivity index (χ2v) is 6.69. The van der Waals surface area contributed by atoms with Gasteiger partial charge in [-0.1, -0.05) is 0 Å². The summed E-state index contributed by atoms with van der Waals surface area (Å²) in [4.78, 5) is 20.1. The van der Waals surface area contributed by atoms with Gasteiger partial charge in [-0.3, -0.25) is 4.98 Å². The van der Waals surface area contributed by atoms with Crippen molar-refractivity contribution < 1.29 is 19.0 Å². The van der Waals surface area contributed by atoms with Crippen molar-refractivity contribution in [3.05, 3.63) is 60.2 Å². The summed E-state index contributed by atoms with van der Waals surface area (Å²) in [6.07, 6.45) is 8.14. The van der Waals surface area contributed by atoms with Gasteiger partial charge in [-0.15, -0.1) is 0 Å². The topological polar surface area (TPSA) is 88.4 Å². The molecule has 29 heavy (non-hydrogen) atoms. The molecule has 4 rings (SSSR count). The molecular weight excluding hydrogens is 372 g/mol. The molecular formula is C21H22N4O4. The summed E-state index contributed by atoms with van der Waals surface area (Å²) in [5.74, 6) is 0.154. The van der Waals surface area contributed by atoms with E-state index in [1.165, 1.54) is 7.11 Å². The van der Waals surface area contributed by atoms with Crippen LogP contribution in [-0.4, -0.2) is 39.4 Å². The van der Waals surface area contributed by atoms with Gasteiger partial charge in [-0.05, 0) is 55.2 Å². The maximum Gasteiger partial charge on any atom is 0.356 e. The summed E-state index contributed by atoms with van der Waals surface area (Å²) in [7, 11) is 1.33. The summed E-state index contributed by atoms with van der Waals surface area (Å²) in [5.41, 5.74) is 2.79. The highest BCUT2D eigenvalue weighted by atomic mass is 16.5. The number of pyridine rings is 2. The molecule has 150 valence electrons. The number of aromatic nitrogens is 4. The molecule has 1 saturated heterocycles. The van der Waals surface area contributed by atoms with Gasteiger partial charge in [0.25, 0.3) is 0 Å². The summed E-state index contributed by atoms with van der Waals surface area (Å²) in [5, 5.41) is 4.42. The van der Waals surface area contributed by atoms with Crippen LogP contribution in [0.3, 0.4) is 0 Å². The van der Waals surface area contributed by atoms with E-state index in [1.54, 1.807) is 30.7 Å². The fourth-order valence-corrected chi connectivity index (χ4v) is 3.23. The first kappa shape index (κ1) is 19.1. The van der Waals surface area contributed by atoms with Crippen LogP contribution in [0.25, 0.3) is 11.4 Å². The van der Waals surface area contributed by atoms with Gasteiger partial charge >= 0.3 is 5.97 Å². The SMILES string of the molecule is COC(=O)c1cc(COc2ccc(-c3ccnn3C3CCCCO3)nc2)ccn1. The number of hydrogen-bond donors (Lipinski definition) is 0. The van der Waals surface area contributed by atoms with Gasteiger partial charge in [-0.25, -0.2) is 14.5 Å². The molecule has 1 atom stereocenters. The van der Waals surface area contributed by atoms with Gasteiger partial charge in [0.15, 0.2) is 6.23 Å². The second-order valence-electron chi connectivity index (χ2n) is 6.69. The molecule has 1 aliphatic rings. The number of nitrogens with zero attached hydrogens (tertiary/aromatic N) is 4. The minimum atomic E-state index is -0.476. The van der Waals surface area contributed by atoms with Crippen molar-refractivity contribution in [2.45, 2.75) is 32.1 Å². The van der Waals surface area contributed by atoms with Crippen molar-refractivity contribution in [1.29, 1.82) is 0 Å². The molecule has 0 bridgehead atoms. The molecule has 0 amide bonds. The van der Waals surface area contributed by atoms with Crippen LogP contribution in [0.5, 0.6) is 5.75 Å². The molecule has 8 nitrogen and oxygen atoms in total. The zero-order valence-corrected chi connectivity index (χ0v) is 16.2. The highest BCUT2D eigenvalue weighted by Gasteiger charge is 2.20. The third-order valence-electron chi connectivity index (χ3n) is 4.72. The first-order valence-electron chi connectivity index (χ1n) is 9.52. The van der Waals surface area contributed by atoms with Crippen LogP contribution in [0.1, 0.15) is 41.5 Å². The predicted molar refractivity (Wildman–Crippen MR) is 104 cm³/mol. The normalized spacial score (nSPS) is 16.4. The second kappa shape index (κ2) is 8.83. The lowest BCUT2D eigenvalue weighted by Gasteiger charge is -2.24. The van der Waals surface area contributed by atoms with Crippen molar-refractivity contribution in [1.82, 2.24) is 19.7 Å². The molecule has 8 heteroatoms. The smallest absolute Gasteiger partial charge is 0.356 e. The zero-order chi connectivity index (χ0) is 20.1. The van der Waals surface area contributed by atoms with E-state index in [0.29, 0.717) is 12.4 Å². The van der Waals surface area contributed by atoms with E-state index in [2.05, 4.69) is 19.8 Å². The largest absolute Gasteiger partial charge is 0.487 e. The van der Waals surface area contributed by atoms with E-state index in [9.17, 15) is 4.79 Å². The van der Waals surface area contributed by atoms with E-state index in [4.69, 9.17) is 9.47 Å². The van der Waals surface area contributed by atoms with E-state index in [-0.39, 0.29) is 11.9 Å². The third-order valence-corrected chi connectivity index (χ3v) is 4.72. The fraction of sp³-hybridized carbons (Fsp3) is 0.333. The van der Waals surface area contributed by atoms with Gasteiger partial charge in [-0.2, -0.15) is 5.10 Å². The Kier molecular flexibility index (Phi) is 5.81. The molecule has 1 fully saturated rings. The number of hydrogen-bond acceptors (Lipinski definition) is 7. The zero-order valence-electron chi connectivity index (χ0n) is 16.2. The molecule has 0 radical (unpaired) electrons. The Morgan fingerprint density at radius 2 is 2.14 bits per heavy atom. The Balaban J connectivity index is 1.43. The minimum Gasteiger partial charge on any atom is -0.487 e. The number of methoxy groups -OCH3 is 1. The molecule has 3 aromatic rings. The Morgan fingerprint density at radius 3 is 2.90 bits per heavy atom. The van der Waals surface area contributed by atoms with Crippen molar-refractivity contribution in [2.24, 2.45) is 0 Å². The molecule has 0 aliphatic carbocycles. The molecule has 0 N–H and O–H groups in total. The number of carbonyl (C=O) groups is 1. The molecule has 4 heterocycles. The van der Waals surface area contributed by atoms with Gasteiger partial charge < -0.3 is 14.2 Å². The lowest BCUT2D eigenvalue weighted by Crippen LogP contribution is -2.20. The standard InChI is InChI=1S/C21H22N4O4/c1-27-21(26)18-12-15(7-9-22-18)14-29-16-5-6-17(23-13-16)19-8-10-24-25(19)20-4-2-3-11-28-20/h5-10,12-13,20H,2-4,11,14H2,1H3. The number of ether oxygens (including phenoxy) is 3. The van der Waals surface area contributed by atoms with Gasteiger partial charge in [0, 0.05) is 19.0 Å².